The zero-order valence-corrected chi connectivity index (χ0v) is 8.63. The maximum atomic E-state index is 5.83. The quantitative estimate of drug-likeness (QED) is 0.702. The molecule has 1 aromatic carbocycles. The fourth-order valence-corrected chi connectivity index (χ4v) is 1.59. The molecule has 1 saturated heterocycles. The van der Waals surface area contributed by atoms with Crippen molar-refractivity contribution in [2.45, 2.75) is 19.4 Å². The third-order valence-corrected chi connectivity index (χ3v) is 2.65. The highest BCUT2D eigenvalue weighted by molar-refractivity contribution is 5.63. The lowest BCUT2D eigenvalue weighted by molar-refractivity contribution is -0.0318. The summed E-state index contributed by atoms with van der Waals surface area (Å²) in [6.45, 7) is 5.71. The fraction of sp³-hybridized carbons (Fsp3) is 0.455. The zero-order valence-electron chi connectivity index (χ0n) is 8.63. The van der Waals surface area contributed by atoms with Gasteiger partial charge in [0.15, 0.2) is 0 Å². The highest BCUT2D eigenvalue weighted by atomic mass is 16.5. The summed E-state index contributed by atoms with van der Waals surface area (Å²) in [4.78, 5) is 0. The van der Waals surface area contributed by atoms with Crippen LogP contribution in [-0.4, -0.2) is 18.8 Å². The van der Waals surface area contributed by atoms with E-state index in [0.29, 0.717) is 0 Å². The van der Waals surface area contributed by atoms with E-state index in [-0.39, 0.29) is 5.54 Å². The van der Waals surface area contributed by atoms with Gasteiger partial charge in [0.1, 0.15) is 0 Å². The van der Waals surface area contributed by atoms with Gasteiger partial charge in [0.05, 0.1) is 18.8 Å². The van der Waals surface area contributed by atoms with Crippen molar-refractivity contribution in [3.63, 3.8) is 0 Å². The first kappa shape index (κ1) is 9.34. The lowest BCUT2D eigenvalue weighted by Gasteiger charge is -2.40. The van der Waals surface area contributed by atoms with E-state index in [4.69, 9.17) is 10.5 Å². The molecule has 1 aliphatic heterocycles. The Kier molecular flexibility index (Phi) is 2.11. The molecule has 0 aliphatic carbocycles. The second-order valence-corrected chi connectivity index (χ2v) is 4.20. The Balaban J connectivity index is 2.20. The van der Waals surface area contributed by atoms with Gasteiger partial charge in [0.25, 0.3) is 0 Å². The van der Waals surface area contributed by atoms with Crippen LogP contribution in [0.5, 0.6) is 0 Å². The summed E-state index contributed by atoms with van der Waals surface area (Å²) in [6.07, 6.45) is 0. The second kappa shape index (κ2) is 3.17. The molecule has 1 aliphatic rings. The molecule has 3 nitrogen and oxygen atoms in total. The average Bonchev–Trinajstić information content (AvgIpc) is 2.10. The fourth-order valence-electron chi connectivity index (χ4n) is 1.59. The number of ether oxygens (including phenoxy) is 1. The average molecular weight is 192 g/mol. The molecule has 1 aromatic rings. The SMILES string of the molecule is Cc1c(N)cccc1NC1(C)COC1. The third kappa shape index (κ3) is 1.55. The molecule has 0 amide bonds. The Bertz CT molecular complexity index is 345. The van der Waals surface area contributed by atoms with Crippen LogP contribution in [0.2, 0.25) is 0 Å². The van der Waals surface area contributed by atoms with Gasteiger partial charge in [-0.1, -0.05) is 6.07 Å². The lowest BCUT2D eigenvalue weighted by Crippen LogP contribution is -2.53. The predicted molar refractivity (Wildman–Crippen MR) is 58.4 cm³/mol. The van der Waals surface area contributed by atoms with Crippen molar-refractivity contribution >= 4 is 11.4 Å². The Morgan fingerprint density at radius 1 is 1.43 bits per heavy atom. The molecular formula is C11H16N2O. The smallest absolute Gasteiger partial charge is 0.0811 e. The molecule has 1 fully saturated rings. The van der Waals surface area contributed by atoms with E-state index < -0.39 is 0 Å². The first-order chi connectivity index (χ1) is 6.61. The largest absolute Gasteiger partial charge is 0.398 e. The monoisotopic (exact) mass is 192 g/mol. The summed E-state index contributed by atoms with van der Waals surface area (Å²) in [5.74, 6) is 0. The standard InChI is InChI=1S/C11H16N2O/c1-8-9(12)4-3-5-10(8)13-11(2)6-14-7-11/h3-5,13H,6-7,12H2,1-2H3. The highest BCUT2D eigenvalue weighted by Gasteiger charge is 2.33. The summed E-state index contributed by atoms with van der Waals surface area (Å²) >= 11 is 0. The predicted octanol–water partition coefficient (Wildman–Crippen LogP) is 1.78. The molecule has 0 bridgehead atoms. The Morgan fingerprint density at radius 3 is 2.71 bits per heavy atom. The van der Waals surface area contributed by atoms with Crippen molar-refractivity contribution in [2.75, 3.05) is 24.3 Å². The van der Waals surface area contributed by atoms with Gasteiger partial charge in [0.2, 0.25) is 0 Å². The number of hydrogen-bond donors (Lipinski definition) is 2. The number of anilines is 2. The van der Waals surface area contributed by atoms with E-state index in [1.807, 2.05) is 19.1 Å². The van der Waals surface area contributed by atoms with Crippen molar-refractivity contribution in [1.29, 1.82) is 0 Å². The summed E-state index contributed by atoms with van der Waals surface area (Å²) < 4.78 is 5.19. The molecule has 14 heavy (non-hydrogen) atoms. The van der Waals surface area contributed by atoms with E-state index in [9.17, 15) is 0 Å². The Morgan fingerprint density at radius 2 is 2.14 bits per heavy atom. The van der Waals surface area contributed by atoms with E-state index >= 15 is 0 Å². The van der Waals surface area contributed by atoms with E-state index in [1.165, 1.54) is 0 Å². The zero-order chi connectivity index (χ0) is 10.2. The van der Waals surface area contributed by atoms with Gasteiger partial charge < -0.3 is 15.8 Å². The van der Waals surface area contributed by atoms with Crippen molar-refractivity contribution < 1.29 is 4.74 Å². The molecule has 3 heteroatoms. The first-order valence-electron chi connectivity index (χ1n) is 4.82. The topological polar surface area (TPSA) is 47.3 Å². The minimum Gasteiger partial charge on any atom is -0.398 e. The third-order valence-electron chi connectivity index (χ3n) is 2.65. The van der Waals surface area contributed by atoms with Gasteiger partial charge in [-0.25, -0.2) is 0 Å². The highest BCUT2D eigenvalue weighted by Crippen LogP contribution is 2.27. The molecule has 0 unspecified atom stereocenters. The summed E-state index contributed by atoms with van der Waals surface area (Å²) in [6, 6.07) is 5.93. The number of benzene rings is 1. The maximum absolute atomic E-state index is 5.83. The molecule has 3 N–H and O–H groups in total. The van der Waals surface area contributed by atoms with Gasteiger partial charge in [-0.05, 0) is 31.5 Å². The number of nitrogen functional groups attached to an aromatic ring is 1. The molecule has 0 atom stereocenters. The molecule has 2 rings (SSSR count). The van der Waals surface area contributed by atoms with Gasteiger partial charge in [-0.2, -0.15) is 0 Å². The van der Waals surface area contributed by atoms with Crippen molar-refractivity contribution in [1.82, 2.24) is 0 Å². The van der Waals surface area contributed by atoms with Crippen molar-refractivity contribution in [3.05, 3.63) is 23.8 Å². The van der Waals surface area contributed by atoms with Gasteiger partial charge in [0, 0.05) is 11.4 Å². The molecular weight excluding hydrogens is 176 g/mol. The first-order valence-corrected chi connectivity index (χ1v) is 4.82. The van der Waals surface area contributed by atoms with Crippen LogP contribution in [-0.2, 0) is 4.74 Å². The van der Waals surface area contributed by atoms with Crippen molar-refractivity contribution in [3.8, 4) is 0 Å². The van der Waals surface area contributed by atoms with Crippen LogP contribution in [0.15, 0.2) is 18.2 Å². The van der Waals surface area contributed by atoms with Crippen LogP contribution in [0.1, 0.15) is 12.5 Å². The van der Waals surface area contributed by atoms with Crippen LogP contribution in [0.3, 0.4) is 0 Å². The van der Waals surface area contributed by atoms with Gasteiger partial charge in [-0.15, -0.1) is 0 Å². The number of hydrogen-bond acceptors (Lipinski definition) is 3. The number of nitrogens with one attached hydrogen (secondary N) is 1. The maximum Gasteiger partial charge on any atom is 0.0811 e. The van der Waals surface area contributed by atoms with Gasteiger partial charge >= 0.3 is 0 Å². The van der Waals surface area contributed by atoms with Crippen LogP contribution >= 0.6 is 0 Å². The summed E-state index contributed by atoms with van der Waals surface area (Å²) in [5, 5.41) is 3.46. The van der Waals surface area contributed by atoms with Crippen LogP contribution in [0.25, 0.3) is 0 Å². The number of rotatable bonds is 2. The summed E-state index contributed by atoms with van der Waals surface area (Å²) in [7, 11) is 0. The van der Waals surface area contributed by atoms with Crippen LogP contribution < -0.4 is 11.1 Å². The minimum atomic E-state index is 0.0819. The van der Waals surface area contributed by atoms with Crippen molar-refractivity contribution in [2.24, 2.45) is 0 Å². The van der Waals surface area contributed by atoms with Gasteiger partial charge in [-0.3, -0.25) is 0 Å². The van der Waals surface area contributed by atoms with Crippen LogP contribution in [0, 0.1) is 6.92 Å². The molecule has 1 heterocycles. The Hall–Kier alpha value is -1.22. The second-order valence-electron chi connectivity index (χ2n) is 4.20. The van der Waals surface area contributed by atoms with E-state index in [0.717, 1.165) is 30.2 Å². The van der Waals surface area contributed by atoms with E-state index in [2.05, 4.69) is 18.3 Å². The minimum absolute atomic E-state index is 0.0819. The Labute approximate surface area is 84.3 Å². The normalized spacial score (nSPS) is 18.7. The number of nitrogens with two attached hydrogens (primary N) is 1. The van der Waals surface area contributed by atoms with Crippen LogP contribution in [0.4, 0.5) is 11.4 Å². The van der Waals surface area contributed by atoms with E-state index in [1.54, 1.807) is 0 Å². The molecule has 0 saturated carbocycles. The molecule has 76 valence electrons. The summed E-state index contributed by atoms with van der Waals surface area (Å²) in [5.41, 5.74) is 8.96. The molecule has 0 spiro atoms. The molecule has 0 aromatic heterocycles. The molecule has 0 radical (unpaired) electrons. The lowest BCUT2D eigenvalue weighted by atomic mass is 9.99.